The van der Waals surface area contributed by atoms with Crippen LogP contribution < -0.4 is 0 Å². The van der Waals surface area contributed by atoms with Crippen molar-refractivity contribution in [3.05, 3.63) is 71.2 Å². The molecule has 1 heterocycles. The van der Waals surface area contributed by atoms with Crippen LogP contribution in [-0.4, -0.2) is 21.3 Å². The minimum Gasteiger partial charge on any atom is -0.296 e. The number of rotatable bonds is 4. The van der Waals surface area contributed by atoms with Gasteiger partial charge in [0.15, 0.2) is 23.6 Å². The summed E-state index contributed by atoms with van der Waals surface area (Å²) in [5.41, 5.74) is 1.28. The zero-order valence-electron chi connectivity index (χ0n) is 11.7. The van der Waals surface area contributed by atoms with E-state index in [-0.39, 0.29) is 29.3 Å². The fourth-order valence-corrected chi connectivity index (χ4v) is 2.22. The van der Waals surface area contributed by atoms with E-state index in [4.69, 9.17) is 0 Å². The SMILES string of the molecule is O=Cc1nnn(Cc2ccc(F)cc2)c1-c1ccc(F)c(F)c1. The van der Waals surface area contributed by atoms with Crippen LogP contribution in [-0.2, 0) is 6.54 Å². The summed E-state index contributed by atoms with van der Waals surface area (Å²) in [6, 6.07) is 9.00. The lowest BCUT2D eigenvalue weighted by Gasteiger charge is -2.08. The third-order valence-electron chi connectivity index (χ3n) is 3.31. The highest BCUT2D eigenvalue weighted by molar-refractivity contribution is 5.83. The Kier molecular flexibility index (Phi) is 3.92. The van der Waals surface area contributed by atoms with Crippen LogP contribution in [0.15, 0.2) is 42.5 Å². The van der Waals surface area contributed by atoms with Crippen molar-refractivity contribution in [1.82, 2.24) is 15.0 Å². The number of carbonyl (C=O) groups excluding carboxylic acids is 1. The van der Waals surface area contributed by atoms with E-state index >= 15 is 0 Å². The molecule has 3 rings (SSSR count). The quantitative estimate of drug-likeness (QED) is 0.694. The van der Waals surface area contributed by atoms with Crippen LogP contribution in [0.5, 0.6) is 0 Å². The molecule has 4 nitrogen and oxygen atoms in total. The van der Waals surface area contributed by atoms with Crippen molar-refractivity contribution >= 4 is 6.29 Å². The van der Waals surface area contributed by atoms with Crippen molar-refractivity contribution < 1.29 is 18.0 Å². The van der Waals surface area contributed by atoms with Crippen LogP contribution in [0.4, 0.5) is 13.2 Å². The molecule has 0 saturated carbocycles. The maximum atomic E-state index is 13.5. The summed E-state index contributed by atoms with van der Waals surface area (Å²) in [5, 5.41) is 7.59. The van der Waals surface area contributed by atoms with Gasteiger partial charge in [-0.3, -0.25) is 4.79 Å². The van der Waals surface area contributed by atoms with Crippen molar-refractivity contribution in [1.29, 1.82) is 0 Å². The number of hydrogen-bond donors (Lipinski definition) is 0. The smallest absolute Gasteiger partial charge is 0.172 e. The Morgan fingerprint density at radius 1 is 1.00 bits per heavy atom. The van der Waals surface area contributed by atoms with Gasteiger partial charge in [-0.25, -0.2) is 17.9 Å². The maximum absolute atomic E-state index is 13.5. The highest BCUT2D eigenvalue weighted by atomic mass is 19.2. The third kappa shape index (κ3) is 2.98. The van der Waals surface area contributed by atoms with Crippen LogP contribution >= 0.6 is 0 Å². The molecule has 2 aromatic carbocycles. The first-order valence-electron chi connectivity index (χ1n) is 6.67. The van der Waals surface area contributed by atoms with E-state index in [1.54, 1.807) is 12.1 Å². The molecule has 0 aliphatic rings. The molecule has 0 unspecified atom stereocenters. The first-order valence-corrected chi connectivity index (χ1v) is 6.67. The molecule has 0 aliphatic carbocycles. The van der Waals surface area contributed by atoms with Gasteiger partial charge in [0.25, 0.3) is 0 Å². The largest absolute Gasteiger partial charge is 0.296 e. The number of aromatic nitrogens is 3. The number of halogens is 3. The van der Waals surface area contributed by atoms with Crippen molar-refractivity contribution in [2.75, 3.05) is 0 Å². The Labute approximate surface area is 129 Å². The Balaban J connectivity index is 2.04. The highest BCUT2D eigenvalue weighted by Gasteiger charge is 2.16. The van der Waals surface area contributed by atoms with E-state index < -0.39 is 11.6 Å². The van der Waals surface area contributed by atoms with Gasteiger partial charge in [0.05, 0.1) is 12.2 Å². The van der Waals surface area contributed by atoms with E-state index in [0.717, 1.165) is 17.7 Å². The van der Waals surface area contributed by atoms with E-state index in [2.05, 4.69) is 10.3 Å². The topological polar surface area (TPSA) is 47.8 Å². The van der Waals surface area contributed by atoms with E-state index in [0.29, 0.717) is 6.29 Å². The molecule has 7 heteroatoms. The number of benzene rings is 2. The average Bonchev–Trinajstić information content (AvgIpc) is 2.95. The van der Waals surface area contributed by atoms with Gasteiger partial charge < -0.3 is 0 Å². The molecule has 0 spiro atoms. The molecule has 1 aromatic heterocycles. The molecule has 0 aliphatic heterocycles. The van der Waals surface area contributed by atoms with Crippen LogP contribution in [0, 0.1) is 17.5 Å². The van der Waals surface area contributed by atoms with Crippen molar-refractivity contribution in [2.45, 2.75) is 6.54 Å². The Bertz CT molecular complexity index is 860. The second-order valence-electron chi connectivity index (χ2n) is 4.85. The zero-order chi connectivity index (χ0) is 16.4. The summed E-state index contributed by atoms with van der Waals surface area (Å²) in [5.74, 6) is -2.39. The van der Waals surface area contributed by atoms with Crippen LogP contribution in [0.2, 0.25) is 0 Å². The molecular weight excluding hydrogens is 307 g/mol. The molecule has 0 saturated heterocycles. The summed E-state index contributed by atoms with van der Waals surface area (Å²) in [7, 11) is 0. The molecular formula is C16H10F3N3O. The lowest BCUT2D eigenvalue weighted by Crippen LogP contribution is -2.05. The predicted octanol–water partition coefficient (Wildman–Crippen LogP) is 3.22. The first-order chi connectivity index (χ1) is 11.1. The van der Waals surface area contributed by atoms with Crippen molar-refractivity contribution in [3.8, 4) is 11.3 Å². The van der Waals surface area contributed by atoms with E-state index in [1.165, 1.54) is 22.9 Å². The molecule has 0 radical (unpaired) electrons. The van der Waals surface area contributed by atoms with Crippen molar-refractivity contribution in [3.63, 3.8) is 0 Å². The van der Waals surface area contributed by atoms with Crippen LogP contribution in [0.25, 0.3) is 11.3 Å². The molecule has 116 valence electrons. The second-order valence-corrected chi connectivity index (χ2v) is 4.85. The minimum absolute atomic E-state index is 0.0121. The van der Waals surface area contributed by atoms with Gasteiger partial charge >= 0.3 is 0 Å². The summed E-state index contributed by atoms with van der Waals surface area (Å²) in [6.07, 6.45) is 0.491. The summed E-state index contributed by atoms with van der Waals surface area (Å²) < 4.78 is 40.9. The normalized spacial score (nSPS) is 10.7. The molecule has 0 fully saturated rings. The van der Waals surface area contributed by atoms with Gasteiger partial charge in [0.1, 0.15) is 5.82 Å². The standard InChI is InChI=1S/C16H10F3N3O/c17-12-4-1-10(2-5-12)8-22-16(15(9-23)20-21-22)11-3-6-13(18)14(19)7-11/h1-7,9H,8H2. The zero-order valence-corrected chi connectivity index (χ0v) is 11.7. The summed E-state index contributed by atoms with van der Waals surface area (Å²) in [4.78, 5) is 11.1. The maximum Gasteiger partial charge on any atom is 0.172 e. The highest BCUT2D eigenvalue weighted by Crippen LogP contribution is 2.24. The lowest BCUT2D eigenvalue weighted by molar-refractivity contribution is 0.111. The lowest BCUT2D eigenvalue weighted by atomic mass is 10.1. The molecule has 3 aromatic rings. The van der Waals surface area contributed by atoms with E-state index in [1.807, 2.05) is 0 Å². The fourth-order valence-electron chi connectivity index (χ4n) is 2.22. The Hall–Kier alpha value is -2.96. The number of aldehydes is 1. The number of hydrogen-bond acceptors (Lipinski definition) is 3. The van der Waals surface area contributed by atoms with Gasteiger partial charge in [-0.15, -0.1) is 5.10 Å². The fraction of sp³-hybridized carbons (Fsp3) is 0.0625. The number of carbonyl (C=O) groups is 1. The summed E-state index contributed by atoms with van der Waals surface area (Å²) in [6.45, 7) is 0.204. The monoisotopic (exact) mass is 317 g/mol. The number of nitrogens with zero attached hydrogens (tertiary/aromatic N) is 3. The average molecular weight is 317 g/mol. The molecule has 0 bridgehead atoms. The van der Waals surface area contributed by atoms with Crippen LogP contribution in [0.1, 0.15) is 16.1 Å². The minimum atomic E-state index is -1.03. The summed E-state index contributed by atoms with van der Waals surface area (Å²) >= 11 is 0. The first kappa shape index (κ1) is 15.0. The Morgan fingerprint density at radius 3 is 2.39 bits per heavy atom. The molecule has 0 atom stereocenters. The molecule has 0 N–H and O–H groups in total. The van der Waals surface area contributed by atoms with Crippen LogP contribution in [0.3, 0.4) is 0 Å². The van der Waals surface area contributed by atoms with Gasteiger partial charge in [-0.2, -0.15) is 0 Å². The Morgan fingerprint density at radius 2 is 1.74 bits per heavy atom. The molecule has 23 heavy (non-hydrogen) atoms. The van der Waals surface area contributed by atoms with E-state index in [9.17, 15) is 18.0 Å². The van der Waals surface area contributed by atoms with Gasteiger partial charge in [0.2, 0.25) is 0 Å². The van der Waals surface area contributed by atoms with Gasteiger partial charge in [0, 0.05) is 5.56 Å². The molecule has 0 amide bonds. The van der Waals surface area contributed by atoms with Gasteiger partial charge in [-0.1, -0.05) is 17.3 Å². The second kappa shape index (κ2) is 6.04. The van der Waals surface area contributed by atoms with Gasteiger partial charge in [-0.05, 0) is 35.9 Å². The third-order valence-corrected chi connectivity index (χ3v) is 3.31. The predicted molar refractivity (Wildman–Crippen MR) is 76.3 cm³/mol. The van der Waals surface area contributed by atoms with Crippen molar-refractivity contribution in [2.24, 2.45) is 0 Å².